The van der Waals surface area contributed by atoms with Gasteiger partial charge in [0, 0.05) is 25.1 Å². The fourth-order valence-corrected chi connectivity index (χ4v) is 2.38. The third kappa shape index (κ3) is 2.70. The molecule has 2 N–H and O–H groups in total. The first-order valence-electron chi connectivity index (χ1n) is 6.81. The lowest BCUT2D eigenvalue weighted by Gasteiger charge is -2.22. The van der Waals surface area contributed by atoms with Gasteiger partial charge in [-0.3, -0.25) is 4.79 Å². The molecule has 0 spiro atoms. The molecule has 2 aromatic heterocycles. The highest BCUT2D eigenvalue weighted by Gasteiger charge is 2.21. The lowest BCUT2D eigenvalue weighted by Crippen LogP contribution is -2.37. The molecule has 20 heavy (non-hydrogen) atoms. The van der Waals surface area contributed by atoms with E-state index in [4.69, 9.17) is 0 Å². The maximum Gasteiger partial charge on any atom is 0.228 e. The molecule has 104 valence electrons. The number of hydrogen-bond donors (Lipinski definition) is 2. The SMILES string of the molecule is O=C(Nc1cccnc1-n1cccn1)[C@H]1CCCNC1. The minimum Gasteiger partial charge on any atom is -0.323 e. The number of hydrogen-bond acceptors (Lipinski definition) is 4. The molecule has 6 nitrogen and oxygen atoms in total. The van der Waals surface area contributed by atoms with Gasteiger partial charge >= 0.3 is 0 Å². The second-order valence-electron chi connectivity index (χ2n) is 4.86. The van der Waals surface area contributed by atoms with Crippen LogP contribution >= 0.6 is 0 Å². The zero-order valence-corrected chi connectivity index (χ0v) is 11.1. The van der Waals surface area contributed by atoms with E-state index in [1.165, 1.54) is 0 Å². The number of carbonyl (C=O) groups is 1. The van der Waals surface area contributed by atoms with Gasteiger partial charge in [-0.2, -0.15) is 5.10 Å². The Labute approximate surface area is 117 Å². The molecule has 0 radical (unpaired) electrons. The van der Waals surface area contributed by atoms with Gasteiger partial charge in [-0.1, -0.05) is 0 Å². The summed E-state index contributed by atoms with van der Waals surface area (Å²) in [5.41, 5.74) is 0.687. The van der Waals surface area contributed by atoms with Crippen LogP contribution in [0.15, 0.2) is 36.8 Å². The average molecular weight is 271 g/mol. The number of piperidine rings is 1. The van der Waals surface area contributed by atoms with E-state index in [1.54, 1.807) is 23.3 Å². The molecule has 1 fully saturated rings. The van der Waals surface area contributed by atoms with Crippen molar-refractivity contribution in [3.8, 4) is 5.82 Å². The van der Waals surface area contributed by atoms with Crippen molar-refractivity contribution in [1.29, 1.82) is 0 Å². The van der Waals surface area contributed by atoms with Crippen molar-refractivity contribution in [2.75, 3.05) is 18.4 Å². The van der Waals surface area contributed by atoms with Crippen LogP contribution in [-0.4, -0.2) is 33.8 Å². The maximum absolute atomic E-state index is 12.3. The predicted molar refractivity (Wildman–Crippen MR) is 75.6 cm³/mol. The first-order chi connectivity index (χ1) is 9.84. The van der Waals surface area contributed by atoms with Crippen molar-refractivity contribution >= 4 is 11.6 Å². The smallest absolute Gasteiger partial charge is 0.228 e. The van der Waals surface area contributed by atoms with E-state index in [1.807, 2.05) is 18.2 Å². The van der Waals surface area contributed by atoms with Crippen molar-refractivity contribution in [3.05, 3.63) is 36.8 Å². The molecule has 0 unspecified atom stereocenters. The zero-order chi connectivity index (χ0) is 13.8. The number of pyridine rings is 1. The minimum absolute atomic E-state index is 0.0226. The second-order valence-corrected chi connectivity index (χ2v) is 4.86. The van der Waals surface area contributed by atoms with Gasteiger partial charge in [-0.15, -0.1) is 0 Å². The molecule has 1 atom stereocenters. The molecular weight excluding hydrogens is 254 g/mol. The van der Waals surface area contributed by atoms with Gasteiger partial charge in [-0.05, 0) is 37.6 Å². The lowest BCUT2D eigenvalue weighted by atomic mass is 9.99. The molecule has 2 aromatic rings. The number of rotatable bonds is 3. The van der Waals surface area contributed by atoms with E-state index >= 15 is 0 Å². The third-order valence-corrected chi connectivity index (χ3v) is 3.43. The molecule has 0 aromatic carbocycles. The Hall–Kier alpha value is -2.21. The van der Waals surface area contributed by atoms with Crippen LogP contribution in [0.4, 0.5) is 5.69 Å². The molecule has 6 heteroatoms. The first kappa shape index (κ1) is 12.8. The van der Waals surface area contributed by atoms with E-state index in [0.29, 0.717) is 11.5 Å². The van der Waals surface area contributed by atoms with Gasteiger partial charge < -0.3 is 10.6 Å². The maximum atomic E-state index is 12.3. The molecule has 1 aliphatic heterocycles. The monoisotopic (exact) mass is 271 g/mol. The summed E-state index contributed by atoms with van der Waals surface area (Å²) in [6, 6.07) is 5.48. The Bertz CT molecular complexity index is 575. The van der Waals surface area contributed by atoms with Crippen LogP contribution < -0.4 is 10.6 Å². The Morgan fingerprint density at radius 2 is 2.35 bits per heavy atom. The molecule has 3 heterocycles. The average Bonchev–Trinajstić information content (AvgIpc) is 3.03. The molecule has 0 bridgehead atoms. The van der Waals surface area contributed by atoms with E-state index in [9.17, 15) is 4.79 Å². The molecule has 1 saturated heterocycles. The summed E-state index contributed by atoms with van der Waals surface area (Å²) >= 11 is 0. The van der Waals surface area contributed by atoms with Crippen LogP contribution in [0.3, 0.4) is 0 Å². The third-order valence-electron chi connectivity index (χ3n) is 3.43. The lowest BCUT2D eigenvalue weighted by molar-refractivity contribution is -0.120. The fourth-order valence-electron chi connectivity index (χ4n) is 2.38. The van der Waals surface area contributed by atoms with Crippen LogP contribution in [0.2, 0.25) is 0 Å². The predicted octanol–water partition coefficient (Wildman–Crippen LogP) is 1.21. The van der Waals surface area contributed by atoms with E-state index in [0.717, 1.165) is 25.9 Å². The topological polar surface area (TPSA) is 71.8 Å². The number of nitrogens with one attached hydrogen (secondary N) is 2. The van der Waals surface area contributed by atoms with Gasteiger partial charge in [0.2, 0.25) is 5.91 Å². The second kappa shape index (κ2) is 5.83. The summed E-state index contributed by atoms with van der Waals surface area (Å²) in [7, 11) is 0. The van der Waals surface area contributed by atoms with Crippen LogP contribution in [0.5, 0.6) is 0 Å². The van der Waals surface area contributed by atoms with Crippen LogP contribution in [0, 0.1) is 5.92 Å². The largest absolute Gasteiger partial charge is 0.323 e. The van der Waals surface area contributed by atoms with Gasteiger partial charge in [-0.25, -0.2) is 9.67 Å². The highest BCUT2D eigenvalue weighted by Crippen LogP contribution is 2.19. The van der Waals surface area contributed by atoms with Gasteiger partial charge in [0.05, 0.1) is 11.6 Å². The van der Waals surface area contributed by atoms with Crippen molar-refractivity contribution in [2.24, 2.45) is 5.92 Å². The Morgan fingerprint density at radius 1 is 1.40 bits per heavy atom. The number of amides is 1. The molecule has 1 aliphatic rings. The van der Waals surface area contributed by atoms with Gasteiger partial charge in [0.15, 0.2) is 5.82 Å². The molecule has 0 saturated carbocycles. The van der Waals surface area contributed by atoms with Crippen LogP contribution in [0.25, 0.3) is 5.82 Å². The standard InChI is InChI=1S/C14H17N5O/c20-14(11-4-1-6-15-10-11)18-12-5-2-7-16-13(12)19-9-3-8-17-19/h2-3,5,7-9,11,15H,1,4,6,10H2,(H,18,20)/t11-/m0/s1. The molecule has 1 amide bonds. The van der Waals surface area contributed by atoms with E-state index in [-0.39, 0.29) is 11.8 Å². The van der Waals surface area contributed by atoms with Gasteiger partial charge in [0.1, 0.15) is 0 Å². The normalized spacial score (nSPS) is 18.7. The van der Waals surface area contributed by atoms with Crippen molar-refractivity contribution in [2.45, 2.75) is 12.8 Å². The summed E-state index contributed by atoms with van der Waals surface area (Å²) < 4.78 is 1.65. The van der Waals surface area contributed by atoms with Crippen LogP contribution in [-0.2, 0) is 4.79 Å². The Morgan fingerprint density at radius 3 is 3.10 bits per heavy atom. The first-order valence-corrected chi connectivity index (χ1v) is 6.81. The summed E-state index contributed by atoms with van der Waals surface area (Å²) in [4.78, 5) is 16.6. The van der Waals surface area contributed by atoms with Gasteiger partial charge in [0.25, 0.3) is 0 Å². The Balaban J connectivity index is 1.79. The van der Waals surface area contributed by atoms with Crippen molar-refractivity contribution in [3.63, 3.8) is 0 Å². The van der Waals surface area contributed by atoms with Crippen LogP contribution in [0.1, 0.15) is 12.8 Å². The number of carbonyl (C=O) groups excluding carboxylic acids is 1. The molecule has 3 rings (SSSR count). The summed E-state index contributed by atoms with van der Waals surface area (Å²) in [5, 5.41) is 10.4. The van der Waals surface area contributed by atoms with Crippen molar-refractivity contribution < 1.29 is 4.79 Å². The minimum atomic E-state index is 0.0226. The summed E-state index contributed by atoms with van der Waals surface area (Å²) in [6.45, 7) is 1.73. The molecular formula is C14H17N5O. The summed E-state index contributed by atoms with van der Waals surface area (Å²) in [6.07, 6.45) is 7.15. The Kier molecular flexibility index (Phi) is 3.73. The van der Waals surface area contributed by atoms with E-state index < -0.39 is 0 Å². The van der Waals surface area contributed by atoms with E-state index in [2.05, 4.69) is 20.7 Å². The highest BCUT2D eigenvalue weighted by molar-refractivity contribution is 5.94. The summed E-state index contributed by atoms with van der Waals surface area (Å²) in [5.74, 6) is 0.697. The number of nitrogens with zero attached hydrogens (tertiary/aromatic N) is 3. The van der Waals surface area contributed by atoms with Crippen molar-refractivity contribution in [1.82, 2.24) is 20.1 Å². The molecule has 0 aliphatic carbocycles. The quantitative estimate of drug-likeness (QED) is 0.880. The number of anilines is 1. The zero-order valence-electron chi connectivity index (χ0n) is 11.1. The number of aromatic nitrogens is 3. The highest BCUT2D eigenvalue weighted by atomic mass is 16.1. The fraction of sp³-hybridized carbons (Fsp3) is 0.357.